The molecule has 1 saturated heterocycles. The van der Waals surface area contributed by atoms with Gasteiger partial charge in [0.15, 0.2) is 9.84 Å². The van der Waals surface area contributed by atoms with E-state index in [4.69, 9.17) is 22.3 Å². The molecule has 2 unspecified atom stereocenters. The fraction of sp³-hybridized carbons (Fsp3) is 0.321. The van der Waals surface area contributed by atoms with Gasteiger partial charge >= 0.3 is 0 Å². The Bertz CT molecular complexity index is 1390. The SMILES string of the molecule is CC1CC(C)CN(CC(N)=CC(=Nc2ccccc2Cl)c2ccc(-c3cccc(S(C)(=O)=O)c3)s2)C1. The van der Waals surface area contributed by atoms with E-state index < -0.39 is 9.84 Å². The summed E-state index contributed by atoms with van der Waals surface area (Å²) in [5, 5.41) is 0.568. The Morgan fingerprint density at radius 2 is 1.83 bits per heavy atom. The molecular formula is C28H32ClN3O2S2. The average molecular weight is 542 g/mol. The molecule has 2 aromatic carbocycles. The van der Waals surface area contributed by atoms with E-state index in [0.717, 1.165) is 39.8 Å². The predicted molar refractivity (Wildman–Crippen MR) is 152 cm³/mol. The summed E-state index contributed by atoms with van der Waals surface area (Å²) in [4.78, 5) is 9.47. The molecule has 1 aliphatic rings. The summed E-state index contributed by atoms with van der Waals surface area (Å²) in [7, 11) is -3.29. The summed E-state index contributed by atoms with van der Waals surface area (Å²) in [5.41, 5.74) is 9.55. The van der Waals surface area contributed by atoms with Crippen LogP contribution in [0.2, 0.25) is 5.02 Å². The van der Waals surface area contributed by atoms with Gasteiger partial charge in [0.1, 0.15) is 0 Å². The first-order chi connectivity index (χ1) is 17.1. The molecule has 2 atom stereocenters. The Kier molecular flexibility index (Phi) is 8.35. The van der Waals surface area contributed by atoms with E-state index in [-0.39, 0.29) is 0 Å². The molecule has 4 rings (SSSR count). The third-order valence-electron chi connectivity index (χ3n) is 6.17. The topological polar surface area (TPSA) is 75.8 Å². The molecule has 190 valence electrons. The van der Waals surface area contributed by atoms with Gasteiger partial charge in [0.25, 0.3) is 0 Å². The predicted octanol–water partition coefficient (Wildman–Crippen LogP) is 6.41. The van der Waals surface area contributed by atoms with Crippen molar-refractivity contribution in [3.63, 3.8) is 0 Å². The number of thiophene rings is 1. The van der Waals surface area contributed by atoms with Gasteiger partial charge in [-0.15, -0.1) is 11.3 Å². The third kappa shape index (κ3) is 6.85. The number of hydrogen-bond acceptors (Lipinski definition) is 6. The zero-order valence-electron chi connectivity index (χ0n) is 20.8. The second-order valence-corrected chi connectivity index (χ2v) is 13.3. The van der Waals surface area contributed by atoms with Crippen molar-refractivity contribution in [2.45, 2.75) is 25.2 Å². The Balaban J connectivity index is 1.68. The maximum Gasteiger partial charge on any atom is 0.175 e. The van der Waals surface area contributed by atoms with Crippen molar-refractivity contribution in [3.05, 3.63) is 82.3 Å². The number of sulfone groups is 1. The van der Waals surface area contributed by atoms with Gasteiger partial charge in [0.2, 0.25) is 0 Å². The van der Waals surface area contributed by atoms with Crippen LogP contribution in [0.4, 0.5) is 5.69 Å². The second-order valence-electron chi connectivity index (χ2n) is 9.77. The highest BCUT2D eigenvalue weighted by Crippen LogP contribution is 2.32. The lowest BCUT2D eigenvalue weighted by Gasteiger charge is -2.34. The highest BCUT2D eigenvalue weighted by atomic mass is 35.5. The average Bonchev–Trinajstić information content (AvgIpc) is 3.29. The van der Waals surface area contributed by atoms with Gasteiger partial charge < -0.3 is 5.73 Å². The highest BCUT2D eigenvalue weighted by Gasteiger charge is 2.22. The standard InChI is InChI=1S/C28H32ClN3O2S2/c1-19-13-20(2)17-32(16-19)18-22(30)15-26(31-25-10-5-4-9-24(25)29)28-12-11-27(35-28)21-7-6-8-23(14-21)36(3,33)34/h4-12,14-15,19-20H,13,16-18,30H2,1-3H3. The van der Waals surface area contributed by atoms with Crippen LogP contribution in [0.15, 0.2) is 82.3 Å². The van der Waals surface area contributed by atoms with Gasteiger partial charge in [-0.2, -0.15) is 0 Å². The molecule has 0 bridgehead atoms. The molecule has 3 aromatic rings. The van der Waals surface area contributed by atoms with Crippen LogP contribution in [0.1, 0.15) is 25.1 Å². The lowest BCUT2D eigenvalue weighted by Crippen LogP contribution is -2.40. The molecule has 36 heavy (non-hydrogen) atoms. The minimum absolute atomic E-state index is 0.300. The van der Waals surface area contributed by atoms with Gasteiger partial charge in [-0.25, -0.2) is 13.4 Å². The summed E-state index contributed by atoms with van der Waals surface area (Å²) < 4.78 is 24.1. The Morgan fingerprint density at radius 3 is 2.53 bits per heavy atom. The molecule has 5 nitrogen and oxygen atoms in total. The van der Waals surface area contributed by atoms with Crippen molar-refractivity contribution in [2.24, 2.45) is 22.6 Å². The van der Waals surface area contributed by atoms with E-state index in [9.17, 15) is 8.42 Å². The number of rotatable bonds is 7. The van der Waals surface area contributed by atoms with Gasteiger partial charge in [0.05, 0.1) is 26.2 Å². The number of likely N-dealkylation sites (tertiary alicyclic amines) is 1. The molecule has 1 fully saturated rings. The molecule has 8 heteroatoms. The van der Waals surface area contributed by atoms with E-state index in [2.05, 4.69) is 18.7 Å². The van der Waals surface area contributed by atoms with E-state index in [1.165, 1.54) is 12.7 Å². The maximum absolute atomic E-state index is 12.0. The summed E-state index contributed by atoms with van der Waals surface area (Å²) >= 11 is 7.97. The van der Waals surface area contributed by atoms with Crippen LogP contribution in [-0.4, -0.2) is 44.9 Å². The van der Waals surface area contributed by atoms with Gasteiger partial charge in [-0.05, 0) is 66.3 Å². The number of nitrogens with two attached hydrogens (primary N) is 1. The first kappa shape index (κ1) is 26.6. The Hall–Kier alpha value is -2.45. The van der Waals surface area contributed by atoms with Crippen LogP contribution >= 0.6 is 22.9 Å². The number of nitrogens with zero attached hydrogens (tertiary/aromatic N) is 2. The van der Waals surface area contributed by atoms with Crippen LogP contribution in [-0.2, 0) is 9.84 Å². The molecule has 0 aliphatic carbocycles. The lowest BCUT2D eigenvalue weighted by molar-refractivity contribution is 0.151. The molecule has 0 spiro atoms. The number of aliphatic imine (C=N–C) groups is 1. The van der Waals surface area contributed by atoms with Crippen molar-refractivity contribution in [3.8, 4) is 10.4 Å². The van der Waals surface area contributed by atoms with E-state index in [0.29, 0.717) is 34.0 Å². The van der Waals surface area contributed by atoms with Gasteiger partial charge in [-0.3, -0.25) is 4.90 Å². The summed E-state index contributed by atoms with van der Waals surface area (Å²) in [6.45, 7) is 7.34. The van der Waals surface area contributed by atoms with E-state index in [1.807, 2.05) is 48.5 Å². The lowest BCUT2D eigenvalue weighted by atomic mass is 9.92. The number of allylic oxidation sites excluding steroid dienone is 1. The van der Waals surface area contributed by atoms with Crippen LogP contribution in [0.3, 0.4) is 0 Å². The van der Waals surface area contributed by atoms with E-state index in [1.54, 1.807) is 29.5 Å². The Morgan fingerprint density at radius 1 is 1.11 bits per heavy atom. The van der Waals surface area contributed by atoms with Crippen LogP contribution in [0.5, 0.6) is 0 Å². The molecule has 0 saturated carbocycles. The third-order valence-corrected chi connectivity index (χ3v) is 8.76. The number of benzene rings is 2. The van der Waals surface area contributed by atoms with Crippen LogP contribution in [0.25, 0.3) is 10.4 Å². The van der Waals surface area contributed by atoms with Gasteiger partial charge in [0, 0.05) is 36.5 Å². The molecule has 2 heterocycles. The largest absolute Gasteiger partial charge is 0.401 e. The van der Waals surface area contributed by atoms with Crippen LogP contribution < -0.4 is 5.73 Å². The minimum atomic E-state index is -3.29. The smallest absolute Gasteiger partial charge is 0.175 e. The van der Waals surface area contributed by atoms with Crippen molar-refractivity contribution in [1.82, 2.24) is 4.90 Å². The van der Waals surface area contributed by atoms with Crippen molar-refractivity contribution >= 4 is 44.2 Å². The number of piperidine rings is 1. The monoisotopic (exact) mass is 541 g/mol. The fourth-order valence-corrected chi connectivity index (χ4v) is 6.55. The zero-order valence-corrected chi connectivity index (χ0v) is 23.2. The minimum Gasteiger partial charge on any atom is -0.401 e. The number of halogens is 1. The maximum atomic E-state index is 12.0. The van der Waals surface area contributed by atoms with Gasteiger partial charge in [-0.1, -0.05) is 49.7 Å². The molecule has 1 aliphatic heterocycles. The summed E-state index contributed by atoms with van der Waals surface area (Å²) in [5.74, 6) is 1.31. The zero-order chi connectivity index (χ0) is 25.9. The molecule has 1 aromatic heterocycles. The van der Waals surface area contributed by atoms with Crippen molar-refractivity contribution < 1.29 is 8.42 Å². The molecule has 0 amide bonds. The quantitative estimate of drug-likeness (QED) is 0.350. The first-order valence-corrected chi connectivity index (χ1v) is 15.1. The second kappa shape index (κ2) is 11.3. The molecule has 2 N–H and O–H groups in total. The summed E-state index contributed by atoms with van der Waals surface area (Å²) in [6, 6.07) is 18.5. The first-order valence-electron chi connectivity index (χ1n) is 12.0. The Labute approximate surface area is 223 Å². The molecule has 0 radical (unpaired) electrons. The number of hydrogen-bond donors (Lipinski definition) is 1. The van der Waals surface area contributed by atoms with Crippen LogP contribution in [0, 0.1) is 11.8 Å². The molecular weight excluding hydrogens is 510 g/mol. The highest BCUT2D eigenvalue weighted by molar-refractivity contribution is 7.90. The fourth-order valence-electron chi connectivity index (χ4n) is 4.74. The summed E-state index contributed by atoms with van der Waals surface area (Å²) in [6.07, 6.45) is 4.41. The van der Waals surface area contributed by atoms with E-state index >= 15 is 0 Å². The number of para-hydroxylation sites is 1. The van der Waals surface area contributed by atoms with Crippen molar-refractivity contribution in [1.29, 1.82) is 0 Å². The van der Waals surface area contributed by atoms with Crippen molar-refractivity contribution in [2.75, 3.05) is 25.9 Å². The normalized spacial score (nSPS) is 20.0.